The Morgan fingerprint density at radius 2 is 1.96 bits per heavy atom. The third kappa shape index (κ3) is 3.85. The lowest BCUT2D eigenvalue weighted by Gasteiger charge is -2.32. The number of nitrogens with zero attached hydrogens (tertiary/aromatic N) is 1. The largest absolute Gasteiger partial charge is 0.495 e. The zero-order valence-corrected chi connectivity index (χ0v) is 14.9. The number of likely N-dealkylation sites (tertiary alicyclic amines) is 1. The molecule has 0 spiro atoms. The first-order valence-corrected chi connectivity index (χ1v) is 9.20. The van der Waals surface area contributed by atoms with Crippen LogP contribution in [-0.2, 0) is 6.42 Å². The van der Waals surface area contributed by atoms with Gasteiger partial charge in [0.05, 0.1) is 12.7 Å². The number of piperidine rings is 1. The average molecular weight is 359 g/mol. The quantitative estimate of drug-likeness (QED) is 0.886. The van der Waals surface area contributed by atoms with Gasteiger partial charge >= 0.3 is 5.97 Å². The molecule has 1 aromatic carbocycles. The van der Waals surface area contributed by atoms with Crippen LogP contribution in [0.1, 0.15) is 38.4 Å². The number of hydrogen-bond donors (Lipinski definition) is 1. The number of carboxylic acids is 1. The van der Waals surface area contributed by atoms with Crippen molar-refractivity contribution in [1.82, 2.24) is 4.90 Å². The summed E-state index contributed by atoms with van der Waals surface area (Å²) < 4.78 is 5.24. The van der Waals surface area contributed by atoms with Crippen LogP contribution < -0.4 is 4.74 Å². The molecule has 1 aromatic heterocycles. The molecule has 0 saturated carbocycles. The van der Waals surface area contributed by atoms with Gasteiger partial charge < -0.3 is 14.7 Å². The first-order valence-electron chi connectivity index (χ1n) is 8.32. The number of aromatic carboxylic acids is 1. The number of methoxy groups -OCH3 is 1. The summed E-state index contributed by atoms with van der Waals surface area (Å²) in [6.45, 7) is 1.39. The normalized spacial score (nSPS) is 15.2. The second kappa shape index (κ2) is 7.70. The molecule has 2 heterocycles. The van der Waals surface area contributed by atoms with E-state index in [1.54, 1.807) is 19.2 Å². The molecule has 0 unspecified atom stereocenters. The Bertz CT molecular complexity index is 762. The van der Waals surface area contributed by atoms with Crippen LogP contribution in [-0.4, -0.2) is 42.1 Å². The maximum absolute atomic E-state index is 12.6. The van der Waals surface area contributed by atoms with Gasteiger partial charge in [0.1, 0.15) is 10.6 Å². The highest BCUT2D eigenvalue weighted by Crippen LogP contribution is 2.29. The predicted octanol–water partition coefficient (Wildman–Crippen LogP) is 3.55. The second-order valence-electron chi connectivity index (χ2n) is 6.22. The van der Waals surface area contributed by atoms with E-state index in [-0.39, 0.29) is 5.91 Å². The van der Waals surface area contributed by atoms with Crippen molar-refractivity contribution >= 4 is 23.2 Å². The molecule has 0 bridgehead atoms. The van der Waals surface area contributed by atoms with Gasteiger partial charge in [-0.1, -0.05) is 18.2 Å². The lowest BCUT2D eigenvalue weighted by molar-refractivity contribution is 0.0692. The van der Waals surface area contributed by atoms with Crippen LogP contribution in [0.25, 0.3) is 0 Å². The van der Waals surface area contributed by atoms with Gasteiger partial charge in [-0.25, -0.2) is 4.79 Å². The molecule has 2 aromatic rings. The van der Waals surface area contributed by atoms with Gasteiger partial charge in [-0.05, 0) is 48.3 Å². The average Bonchev–Trinajstić information content (AvgIpc) is 3.11. The number of amides is 1. The SMILES string of the molecule is COc1ccsc1C(=O)N1CCC(Cc2ccccc2C(=O)O)CC1. The fraction of sp³-hybridized carbons (Fsp3) is 0.368. The lowest BCUT2D eigenvalue weighted by atomic mass is 9.88. The number of hydrogen-bond acceptors (Lipinski definition) is 4. The molecule has 6 heteroatoms. The van der Waals surface area contributed by atoms with E-state index in [9.17, 15) is 14.7 Å². The minimum atomic E-state index is -0.881. The van der Waals surface area contributed by atoms with E-state index in [4.69, 9.17) is 4.74 Å². The van der Waals surface area contributed by atoms with Crippen LogP contribution >= 0.6 is 11.3 Å². The van der Waals surface area contributed by atoms with Gasteiger partial charge in [0.2, 0.25) is 0 Å². The van der Waals surface area contributed by atoms with Crippen molar-refractivity contribution in [2.24, 2.45) is 5.92 Å². The van der Waals surface area contributed by atoms with E-state index in [0.29, 0.717) is 35.2 Å². The highest BCUT2D eigenvalue weighted by atomic mass is 32.1. The summed E-state index contributed by atoms with van der Waals surface area (Å²) >= 11 is 1.40. The number of carbonyl (C=O) groups is 2. The molecule has 132 valence electrons. The van der Waals surface area contributed by atoms with Crippen LogP contribution in [0.4, 0.5) is 0 Å². The second-order valence-corrected chi connectivity index (χ2v) is 7.14. The molecule has 1 aliphatic rings. The predicted molar refractivity (Wildman–Crippen MR) is 96.6 cm³/mol. The first kappa shape index (κ1) is 17.5. The Kier molecular flexibility index (Phi) is 5.38. The summed E-state index contributed by atoms with van der Waals surface area (Å²) in [6, 6.07) is 8.98. The van der Waals surface area contributed by atoms with E-state index in [1.807, 2.05) is 28.5 Å². The first-order chi connectivity index (χ1) is 12.1. The standard InChI is InChI=1S/C19H21NO4S/c1-24-16-8-11-25-17(16)18(21)20-9-6-13(7-10-20)12-14-4-2-3-5-15(14)19(22)23/h2-5,8,11,13H,6-7,9-10,12H2,1H3,(H,22,23). The Balaban J connectivity index is 1.61. The number of carbonyl (C=O) groups excluding carboxylic acids is 1. The number of thiophene rings is 1. The lowest BCUT2D eigenvalue weighted by Crippen LogP contribution is -2.38. The molecular weight excluding hydrogens is 338 g/mol. The molecule has 5 nitrogen and oxygen atoms in total. The zero-order chi connectivity index (χ0) is 17.8. The van der Waals surface area contributed by atoms with Gasteiger partial charge in [0.15, 0.2) is 0 Å². The molecular formula is C19H21NO4S. The fourth-order valence-corrected chi connectivity index (χ4v) is 4.14. The van der Waals surface area contributed by atoms with E-state index < -0.39 is 5.97 Å². The molecule has 0 atom stereocenters. The van der Waals surface area contributed by atoms with Crippen molar-refractivity contribution in [1.29, 1.82) is 0 Å². The summed E-state index contributed by atoms with van der Waals surface area (Å²) in [5, 5.41) is 11.2. The molecule has 25 heavy (non-hydrogen) atoms. The number of benzene rings is 1. The molecule has 1 fully saturated rings. The summed E-state index contributed by atoms with van der Waals surface area (Å²) in [5.74, 6) is 0.173. The van der Waals surface area contributed by atoms with E-state index in [0.717, 1.165) is 24.8 Å². The number of ether oxygens (including phenoxy) is 1. The van der Waals surface area contributed by atoms with E-state index in [2.05, 4.69) is 0 Å². The maximum atomic E-state index is 12.6. The molecule has 1 saturated heterocycles. The Morgan fingerprint density at radius 3 is 2.64 bits per heavy atom. The Hall–Kier alpha value is -2.34. The summed E-state index contributed by atoms with van der Waals surface area (Å²) in [7, 11) is 1.57. The van der Waals surface area contributed by atoms with Gasteiger partial charge in [0, 0.05) is 13.1 Å². The van der Waals surface area contributed by atoms with Gasteiger partial charge in [-0.2, -0.15) is 0 Å². The van der Waals surface area contributed by atoms with Crippen LogP contribution in [0.3, 0.4) is 0 Å². The summed E-state index contributed by atoms with van der Waals surface area (Å²) in [6.07, 6.45) is 2.51. The Labute approximate surface area is 150 Å². The van der Waals surface area contributed by atoms with Gasteiger partial charge in [0.25, 0.3) is 5.91 Å². The third-order valence-corrected chi connectivity index (χ3v) is 5.59. The number of rotatable bonds is 5. The van der Waals surface area contributed by atoms with E-state index >= 15 is 0 Å². The van der Waals surface area contributed by atoms with Crippen LogP contribution in [0, 0.1) is 5.92 Å². The molecule has 1 N–H and O–H groups in total. The van der Waals surface area contributed by atoms with E-state index in [1.165, 1.54) is 11.3 Å². The molecule has 1 aliphatic heterocycles. The van der Waals surface area contributed by atoms with Crippen molar-refractivity contribution in [3.8, 4) is 5.75 Å². The van der Waals surface area contributed by atoms with Crippen LogP contribution in [0.2, 0.25) is 0 Å². The summed E-state index contributed by atoms with van der Waals surface area (Å²) in [4.78, 5) is 26.5. The number of carboxylic acid groups (broad SMARTS) is 1. The minimum absolute atomic E-state index is 0.0243. The highest BCUT2D eigenvalue weighted by molar-refractivity contribution is 7.12. The molecule has 0 radical (unpaired) electrons. The molecule has 0 aliphatic carbocycles. The van der Waals surface area contributed by atoms with Crippen molar-refractivity contribution in [2.45, 2.75) is 19.3 Å². The van der Waals surface area contributed by atoms with Crippen LogP contribution in [0.5, 0.6) is 5.75 Å². The maximum Gasteiger partial charge on any atom is 0.335 e. The van der Waals surface area contributed by atoms with Crippen molar-refractivity contribution in [3.05, 3.63) is 51.7 Å². The smallest absolute Gasteiger partial charge is 0.335 e. The molecule has 3 rings (SSSR count). The molecule has 1 amide bonds. The van der Waals surface area contributed by atoms with Crippen LogP contribution in [0.15, 0.2) is 35.7 Å². The van der Waals surface area contributed by atoms with Crippen molar-refractivity contribution in [2.75, 3.05) is 20.2 Å². The zero-order valence-electron chi connectivity index (χ0n) is 14.1. The fourth-order valence-electron chi connectivity index (χ4n) is 3.32. The summed E-state index contributed by atoms with van der Waals surface area (Å²) in [5.41, 5.74) is 1.25. The minimum Gasteiger partial charge on any atom is -0.495 e. The van der Waals surface area contributed by atoms with Crippen molar-refractivity contribution in [3.63, 3.8) is 0 Å². The Morgan fingerprint density at radius 1 is 1.24 bits per heavy atom. The monoisotopic (exact) mass is 359 g/mol. The van der Waals surface area contributed by atoms with Crippen molar-refractivity contribution < 1.29 is 19.4 Å². The van der Waals surface area contributed by atoms with Gasteiger partial charge in [-0.3, -0.25) is 4.79 Å². The third-order valence-electron chi connectivity index (χ3n) is 4.70. The highest BCUT2D eigenvalue weighted by Gasteiger charge is 2.27. The topological polar surface area (TPSA) is 66.8 Å². The van der Waals surface area contributed by atoms with Gasteiger partial charge in [-0.15, -0.1) is 11.3 Å².